The van der Waals surface area contributed by atoms with Crippen LogP contribution in [0.4, 0.5) is 22.4 Å². The molecule has 6 nitrogen and oxygen atoms in total. The molecule has 0 bridgehead atoms. The Morgan fingerprint density at radius 3 is 2.59 bits per heavy atom. The van der Waals surface area contributed by atoms with Crippen LogP contribution in [0.25, 0.3) is 10.9 Å². The molecule has 170 valence electrons. The van der Waals surface area contributed by atoms with E-state index in [0.29, 0.717) is 16.5 Å². The molecule has 1 aromatic heterocycles. The number of aryl methyl sites for hydroxylation is 1. The number of amides is 1. The molecule has 0 atom stereocenters. The molecule has 10 heteroatoms. The number of fused-ring (bicyclic) bond motifs is 1. The third kappa shape index (κ3) is 5.64. The first-order valence-electron chi connectivity index (χ1n) is 9.52. The number of methoxy groups -OCH3 is 1. The van der Waals surface area contributed by atoms with E-state index in [1.54, 1.807) is 13.0 Å². The van der Waals surface area contributed by atoms with Crippen LogP contribution < -0.4 is 14.8 Å². The molecule has 0 aliphatic rings. The normalized spacial score (nSPS) is 11.4. The van der Waals surface area contributed by atoms with Gasteiger partial charge >= 0.3 is 12.3 Å². The van der Waals surface area contributed by atoms with Crippen molar-refractivity contribution in [2.75, 3.05) is 20.3 Å². The number of hydrogen-bond acceptors (Lipinski definition) is 5. The van der Waals surface area contributed by atoms with Crippen LogP contribution in [-0.2, 0) is 17.5 Å². The van der Waals surface area contributed by atoms with Crippen LogP contribution in [0.5, 0.6) is 11.6 Å². The Kier molecular flexibility index (Phi) is 7.14. The fraction of sp³-hybridized carbons (Fsp3) is 0.273. The summed E-state index contributed by atoms with van der Waals surface area (Å²) in [6.07, 6.45) is -5.39. The Hall–Kier alpha value is -3.40. The van der Waals surface area contributed by atoms with E-state index in [1.807, 2.05) is 0 Å². The molecule has 0 saturated heterocycles. The first-order chi connectivity index (χ1) is 15.2. The molecular formula is C22H20F4N2O4. The van der Waals surface area contributed by atoms with Crippen LogP contribution in [-0.4, -0.2) is 31.4 Å². The fourth-order valence-electron chi connectivity index (χ4n) is 2.95. The zero-order valence-corrected chi connectivity index (χ0v) is 17.3. The average molecular weight is 452 g/mol. The molecular weight excluding hydrogens is 432 g/mol. The van der Waals surface area contributed by atoms with E-state index in [2.05, 4.69) is 10.3 Å². The average Bonchev–Trinajstić information content (AvgIpc) is 2.74. The molecule has 0 aliphatic heterocycles. The molecule has 0 saturated carbocycles. The van der Waals surface area contributed by atoms with Gasteiger partial charge in [0.2, 0.25) is 0 Å². The zero-order valence-electron chi connectivity index (χ0n) is 17.3. The summed E-state index contributed by atoms with van der Waals surface area (Å²) in [6, 6.07) is 8.77. The van der Waals surface area contributed by atoms with Gasteiger partial charge in [0, 0.05) is 24.6 Å². The van der Waals surface area contributed by atoms with Gasteiger partial charge in [-0.2, -0.15) is 13.2 Å². The second-order valence-corrected chi connectivity index (χ2v) is 6.82. The van der Waals surface area contributed by atoms with Crippen molar-refractivity contribution >= 4 is 17.0 Å². The molecule has 0 fully saturated rings. The van der Waals surface area contributed by atoms with Gasteiger partial charge in [-0.1, -0.05) is 18.2 Å². The zero-order chi connectivity index (χ0) is 23.3. The topological polar surface area (TPSA) is 69.7 Å². The van der Waals surface area contributed by atoms with Gasteiger partial charge in [0.15, 0.2) is 5.75 Å². The van der Waals surface area contributed by atoms with Crippen molar-refractivity contribution in [2.24, 2.45) is 0 Å². The van der Waals surface area contributed by atoms with Crippen molar-refractivity contribution in [3.8, 4) is 11.6 Å². The van der Waals surface area contributed by atoms with Crippen LogP contribution in [0.1, 0.15) is 16.7 Å². The van der Waals surface area contributed by atoms with Crippen LogP contribution >= 0.6 is 0 Å². The predicted octanol–water partition coefficient (Wildman–Crippen LogP) is 5.01. The SMILES string of the molecule is COCCOc1nc2cc(C(F)(F)F)ccc2c(C)c1OC(=O)NCc1cccc(F)c1. The summed E-state index contributed by atoms with van der Waals surface area (Å²) in [5.41, 5.74) is 0.0714. The molecule has 2 aromatic carbocycles. The maximum atomic E-state index is 13.3. The number of carbonyl (C=O) groups excluding carboxylic acids is 1. The molecule has 32 heavy (non-hydrogen) atoms. The number of alkyl halides is 3. The minimum atomic E-state index is -4.53. The van der Waals surface area contributed by atoms with E-state index >= 15 is 0 Å². The highest BCUT2D eigenvalue weighted by Crippen LogP contribution is 2.37. The summed E-state index contributed by atoms with van der Waals surface area (Å²) in [4.78, 5) is 16.5. The lowest BCUT2D eigenvalue weighted by atomic mass is 10.1. The summed E-state index contributed by atoms with van der Waals surface area (Å²) in [5, 5.41) is 2.85. The van der Waals surface area contributed by atoms with Crippen molar-refractivity contribution in [1.82, 2.24) is 10.3 Å². The predicted molar refractivity (Wildman–Crippen MR) is 108 cm³/mol. The summed E-state index contributed by atoms with van der Waals surface area (Å²) in [6.45, 7) is 1.81. The maximum Gasteiger partial charge on any atom is 0.416 e. The summed E-state index contributed by atoms with van der Waals surface area (Å²) in [5.74, 6) is -0.628. The quantitative estimate of drug-likeness (QED) is 0.403. The smallest absolute Gasteiger partial charge is 0.416 e. The monoisotopic (exact) mass is 452 g/mol. The Morgan fingerprint density at radius 2 is 1.91 bits per heavy atom. The lowest BCUT2D eigenvalue weighted by Crippen LogP contribution is -2.27. The van der Waals surface area contributed by atoms with E-state index in [1.165, 1.54) is 31.4 Å². The summed E-state index contributed by atoms with van der Waals surface area (Å²) < 4.78 is 68.3. The minimum Gasteiger partial charge on any atom is -0.473 e. The van der Waals surface area contributed by atoms with E-state index < -0.39 is 23.7 Å². The largest absolute Gasteiger partial charge is 0.473 e. The number of nitrogens with one attached hydrogen (secondary N) is 1. The molecule has 1 N–H and O–H groups in total. The Bertz CT molecular complexity index is 1120. The lowest BCUT2D eigenvalue weighted by molar-refractivity contribution is -0.137. The van der Waals surface area contributed by atoms with E-state index in [9.17, 15) is 22.4 Å². The van der Waals surface area contributed by atoms with Gasteiger partial charge < -0.3 is 19.5 Å². The second-order valence-electron chi connectivity index (χ2n) is 6.82. The van der Waals surface area contributed by atoms with Crippen LogP contribution in [0, 0.1) is 12.7 Å². The van der Waals surface area contributed by atoms with Gasteiger partial charge in [-0.25, -0.2) is 14.2 Å². The minimum absolute atomic E-state index is 0.00542. The molecule has 1 amide bonds. The number of ether oxygens (including phenoxy) is 3. The molecule has 0 aliphatic carbocycles. The first-order valence-corrected chi connectivity index (χ1v) is 9.52. The van der Waals surface area contributed by atoms with Gasteiger partial charge in [-0.15, -0.1) is 0 Å². The highest BCUT2D eigenvalue weighted by molar-refractivity contribution is 5.87. The van der Waals surface area contributed by atoms with Gasteiger partial charge in [0.25, 0.3) is 5.88 Å². The third-order valence-corrected chi connectivity index (χ3v) is 4.53. The Morgan fingerprint density at radius 1 is 1.12 bits per heavy atom. The van der Waals surface area contributed by atoms with Crippen molar-refractivity contribution in [1.29, 1.82) is 0 Å². The Balaban J connectivity index is 1.89. The highest BCUT2D eigenvalue weighted by Gasteiger charge is 2.31. The Labute approximate surface area is 181 Å². The number of rotatable bonds is 7. The molecule has 0 radical (unpaired) electrons. The number of halogens is 4. The summed E-state index contributed by atoms with van der Waals surface area (Å²) >= 11 is 0. The van der Waals surface area contributed by atoms with E-state index in [0.717, 1.165) is 12.1 Å². The summed E-state index contributed by atoms with van der Waals surface area (Å²) in [7, 11) is 1.45. The van der Waals surface area contributed by atoms with Crippen LogP contribution in [0.15, 0.2) is 42.5 Å². The number of benzene rings is 2. The van der Waals surface area contributed by atoms with E-state index in [4.69, 9.17) is 14.2 Å². The van der Waals surface area contributed by atoms with Gasteiger partial charge in [-0.3, -0.25) is 0 Å². The van der Waals surface area contributed by atoms with Gasteiger partial charge in [-0.05, 0) is 36.8 Å². The first kappa shape index (κ1) is 23.3. The number of aromatic nitrogens is 1. The second kappa shape index (κ2) is 9.82. The number of hydrogen-bond donors (Lipinski definition) is 1. The maximum absolute atomic E-state index is 13.3. The molecule has 1 heterocycles. The molecule has 3 aromatic rings. The molecule has 0 spiro atoms. The highest BCUT2D eigenvalue weighted by atomic mass is 19.4. The van der Waals surface area contributed by atoms with Gasteiger partial charge in [0.05, 0.1) is 17.7 Å². The fourth-order valence-corrected chi connectivity index (χ4v) is 2.95. The molecule has 3 rings (SSSR count). The van der Waals surface area contributed by atoms with Crippen molar-refractivity contribution in [3.63, 3.8) is 0 Å². The lowest BCUT2D eigenvalue weighted by Gasteiger charge is -2.16. The number of carbonyl (C=O) groups is 1. The van der Waals surface area contributed by atoms with E-state index in [-0.39, 0.29) is 36.9 Å². The third-order valence-electron chi connectivity index (χ3n) is 4.53. The van der Waals surface area contributed by atoms with Crippen molar-refractivity contribution < 1.29 is 36.6 Å². The van der Waals surface area contributed by atoms with Crippen molar-refractivity contribution in [3.05, 3.63) is 65.0 Å². The van der Waals surface area contributed by atoms with Crippen LogP contribution in [0.2, 0.25) is 0 Å². The van der Waals surface area contributed by atoms with Crippen LogP contribution in [0.3, 0.4) is 0 Å². The van der Waals surface area contributed by atoms with Gasteiger partial charge in [0.1, 0.15) is 12.4 Å². The number of nitrogens with zero attached hydrogens (tertiary/aromatic N) is 1. The van der Waals surface area contributed by atoms with Crippen molar-refractivity contribution in [2.45, 2.75) is 19.6 Å². The molecule has 0 unspecified atom stereocenters. The standard InChI is InChI=1S/C22H20F4N2O4/c1-13-17-7-6-15(22(24,25)26)11-18(17)28-20(31-9-8-30-2)19(13)32-21(29)27-12-14-4-3-5-16(23)10-14/h3-7,10-11H,8-9,12H2,1-2H3,(H,27,29). The number of pyridine rings is 1.